The number of ether oxygens (including phenoxy) is 1. The molecule has 0 bridgehead atoms. The summed E-state index contributed by atoms with van der Waals surface area (Å²) in [7, 11) is 1.97. The molecule has 17 heavy (non-hydrogen) atoms. The molecule has 0 saturated carbocycles. The number of nitrogens with zero attached hydrogens (tertiary/aromatic N) is 2. The summed E-state index contributed by atoms with van der Waals surface area (Å²) in [6.45, 7) is 1.40. The number of likely N-dealkylation sites (N-methyl/N-ethyl adjacent to an activating group) is 1. The molecule has 4 nitrogen and oxygen atoms in total. The van der Waals surface area contributed by atoms with Crippen molar-refractivity contribution in [2.75, 3.05) is 46.4 Å². The van der Waals surface area contributed by atoms with Crippen LogP contribution < -0.4 is 0 Å². The maximum Gasteiger partial charge on any atom is 0.411 e. The average Bonchev–Trinajstić information content (AvgIpc) is 2.24. The molecule has 1 amide bonds. The molecule has 0 aromatic heterocycles. The number of hydrogen-bond acceptors (Lipinski definition) is 3. The van der Waals surface area contributed by atoms with E-state index in [2.05, 4.69) is 9.64 Å². The molecule has 0 atom stereocenters. The third-order valence-corrected chi connectivity index (χ3v) is 2.58. The Bertz CT molecular complexity index is 250. The number of rotatable bonds is 4. The molecular weight excluding hydrogens is 237 g/mol. The summed E-state index contributed by atoms with van der Waals surface area (Å²) in [5.41, 5.74) is 0. The lowest BCUT2D eigenvalue weighted by Crippen LogP contribution is -2.47. The van der Waals surface area contributed by atoms with E-state index in [0.29, 0.717) is 13.1 Å². The van der Waals surface area contributed by atoms with Crippen LogP contribution in [0.3, 0.4) is 0 Å². The van der Waals surface area contributed by atoms with Crippen LogP contribution in [0.15, 0.2) is 0 Å². The van der Waals surface area contributed by atoms with Gasteiger partial charge in [-0.2, -0.15) is 13.2 Å². The van der Waals surface area contributed by atoms with Gasteiger partial charge in [0.15, 0.2) is 0 Å². The molecule has 7 heteroatoms. The van der Waals surface area contributed by atoms with Crippen LogP contribution in [0.2, 0.25) is 0 Å². The number of carbonyl (C=O) groups excluding carboxylic acids is 1. The number of alkyl halides is 3. The molecule has 0 aromatic carbocycles. The zero-order valence-electron chi connectivity index (χ0n) is 9.79. The van der Waals surface area contributed by atoms with E-state index >= 15 is 0 Å². The van der Waals surface area contributed by atoms with Gasteiger partial charge in [-0.1, -0.05) is 0 Å². The van der Waals surface area contributed by atoms with Crippen molar-refractivity contribution in [1.29, 1.82) is 0 Å². The van der Waals surface area contributed by atoms with Gasteiger partial charge in [-0.05, 0) is 7.05 Å². The second-order valence-corrected chi connectivity index (χ2v) is 4.10. The Labute approximate surface area is 98.3 Å². The van der Waals surface area contributed by atoms with Crippen molar-refractivity contribution >= 4 is 5.91 Å². The first kappa shape index (κ1) is 14.2. The predicted molar refractivity (Wildman–Crippen MR) is 55.6 cm³/mol. The Hall–Kier alpha value is -0.820. The van der Waals surface area contributed by atoms with E-state index in [-0.39, 0.29) is 18.9 Å². The standard InChI is InChI=1S/C10H17F3N2O2/c1-14-3-5-15(6-4-14)9(16)2-7-17-8-10(11,12)13/h2-8H2,1H3. The Balaban J connectivity index is 2.13. The van der Waals surface area contributed by atoms with Crippen molar-refractivity contribution in [3.05, 3.63) is 0 Å². The third kappa shape index (κ3) is 5.88. The molecule has 0 radical (unpaired) electrons. The average molecular weight is 254 g/mol. The molecule has 0 N–H and O–H groups in total. The van der Waals surface area contributed by atoms with Crippen molar-refractivity contribution in [2.45, 2.75) is 12.6 Å². The van der Waals surface area contributed by atoms with Crippen molar-refractivity contribution in [1.82, 2.24) is 9.80 Å². The number of piperazine rings is 1. The van der Waals surface area contributed by atoms with Crippen LogP contribution in [0.25, 0.3) is 0 Å². The Morgan fingerprint density at radius 2 is 1.82 bits per heavy atom. The van der Waals surface area contributed by atoms with E-state index < -0.39 is 12.8 Å². The highest BCUT2D eigenvalue weighted by atomic mass is 19.4. The predicted octanol–water partition coefficient (Wildman–Crippen LogP) is 0.729. The number of amides is 1. The van der Waals surface area contributed by atoms with Gasteiger partial charge in [-0.15, -0.1) is 0 Å². The summed E-state index contributed by atoms with van der Waals surface area (Å²) in [4.78, 5) is 15.3. The van der Waals surface area contributed by atoms with Gasteiger partial charge >= 0.3 is 6.18 Å². The highest BCUT2D eigenvalue weighted by Crippen LogP contribution is 2.14. The minimum absolute atomic E-state index is 0.0137. The summed E-state index contributed by atoms with van der Waals surface area (Å²) in [5, 5.41) is 0. The van der Waals surface area contributed by atoms with E-state index in [0.717, 1.165) is 13.1 Å². The summed E-state index contributed by atoms with van der Waals surface area (Å²) >= 11 is 0. The fourth-order valence-electron chi connectivity index (χ4n) is 1.56. The molecule has 0 aromatic rings. The molecular formula is C10H17F3N2O2. The summed E-state index contributed by atoms with van der Waals surface area (Å²) in [6, 6.07) is 0. The van der Waals surface area contributed by atoms with E-state index in [1.165, 1.54) is 0 Å². The molecule has 1 aliphatic rings. The monoisotopic (exact) mass is 254 g/mol. The van der Waals surface area contributed by atoms with Crippen LogP contribution in [0, 0.1) is 0 Å². The van der Waals surface area contributed by atoms with Crippen LogP contribution in [0.1, 0.15) is 6.42 Å². The summed E-state index contributed by atoms with van der Waals surface area (Å²) in [5.74, 6) is -0.139. The SMILES string of the molecule is CN1CCN(C(=O)CCOCC(F)(F)F)CC1. The summed E-state index contributed by atoms with van der Waals surface area (Å²) in [6.07, 6.45) is -4.31. The van der Waals surface area contributed by atoms with Crippen LogP contribution in [-0.2, 0) is 9.53 Å². The van der Waals surface area contributed by atoms with E-state index in [9.17, 15) is 18.0 Å². The molecule has 0 aliphatic carbocycles. The maximum atomic E-state index is 11.8. The molecule has 1 aliphatic heterocycles. The molecule has 100 valence electrons. The highest BCUT2D eigenvalue weighted by molar-refractivity contribution is 5.76. The van der Waals surface area contributed by atoms with E-state index in [1.807, 2.05) is 7.05 Å². The summed E-state index contributed by atoms with van der Waals surface area (Å²) < 4.78 is 39.7. The smallest absolute Gasteiger partial charge is 0.372 e. The van der Waals surface area contributed by atoms with Crippen molar-refractivity contribution in [2.24, 2.45) is 0 Å². The topological polar surface area (TPSA) is 32.8 Å². The lowest BCUT2D eigenvalue weighted by atomic mass is 10.3. The van der Waals surface area contributed by atoms with E-state index in [4.69, 9.17) is 0 Å². The van der Waals surface area contributed by atoms with Crippen LogP contribution in [0.5, 0.6) is 0 Å². The second-order valence-electron chi connectivity index (χ2n) is 4.10. The normalized spacial score (nSPS) is 18.5. The Morgan fingerprint density at radius 1 is 1.24 bits per heavy atom. The molecule has 0 spiro atoms. The lowest BCUT2D eigenvalue weighted by molar-refractivity contribution is -0.175. The minimum atomic E-state index is -4.32. The van der Waals surface area contributed by atoms with Gasteiger partial charge in [0.2, 0.25) is 5.91 Å². The van der Waals surface area contributed by atoms with Crippen molar-refractivity contribution in [3.8, 4) is 0 Å². The lowest BCUT2D eigenvalue weighted by Gasteiger charge is -2.32. The first-order chi connectivity index (χ1) is 7.88. The second kappa shape index (κ2) is 6.20. The largest absolute Gasteiger partial charge is 0.411 e. The number of carbonyl (C=O) groups is 1. The molecule has 1 heterocycles. The zero-order chi connectivity index (χ0) is 12.9. The quantitative estimate of drug-likeness (QED) is 0.693. The van der Waals surface area contributed by atoms with Gasteiger partial charge in [0.05, 0.1) is 13.0 Å². The van der Waals surface area contributed by atoms with Crippen LogP contribution in [-0.4, -0.2) is 68.3 Å². The van der Waals surface area contributed by atoms with Crippen molar-refractivity contribution in [3.63, 3.8) is 0 Å². The maximum absolute atomic E-state index is 11.8. The molecule has 0 unspecified atom stereocenters. The Kier molecular flexibility index (Phi) is 5.20. The molecule has 1 rings (SSSR count). The Morgan fingerprint density at radius 3 is 2.35 bits per heavy atom. The van der Waals surface area contributed by atoms with Gasteiger partial charge in [0.1, 0.15) is 6.61 Å². The molecule has 1 saturated heterocycles. The van der Waals surface area contributed by atoms with Gasteiger partial charge in [-0.3, -0.25) is 4.79 Å². The van der Waals surface area contributed by atoms with Gasteiger partial charge in [0.25, 0.3) is 0 Å². The molecule has 1 fully saturated rings. The van der Waals surface area contributed by atoms with Gasteiger partial charge < -0.3 is 14.5 Å². The van der Waals surface area contributed by atoms with Crippen LogP contribution in [0.4, 0.5) is 13.2 Å². The number of hydrogen-bond donors (Lipinski definition) is 0. The first-order valence-electron chi connectivity index (χ1n) is 5.49. The van der Waals surface area contributed by atoms with Crippen molar-refractivity contribution < 1.29 is 22.7 Å². The van der Waals surface area contributed by atoms with Crippen LogP contribution >= 0.6 is 0 Å². The fourth-order valence-corrected chi connectivity index (χ4v) is 1.56. The fraction of sp³-hybridized carbons (Fsp3) is 0.900. The highest BCUT2D eigenvalue weighted by Gasteiger charge is 2.27. The van der Waals surface area contributed by atoms with Gasteiger partial charge in [0, 0.05) is 26.2 Å². The minimum Gasteiger partial charge on any atom is -0.372 e. The van der Waals surface area contributed by atoms with Gasteiger partial charge in [-0.25, -0.2) is 0 Å². The van der Waals surface area contributed by atoms with E-state index in [1.54, 1.807) is 4.90 Å². The first-order valence-corrected chi connectivity index (χ1v) is 5.49. The third-order valence-electron chi connectivity index (χ3n) is 2.58. The zero-order valence-corrected chi connectivity index (χ0v) is 9.79. The number of halogens is 3.